The molecule has 20 heavy (non-hydrogen) atoms. The fourth-order valence-corrected chi connectivity index (χ4v) is 2.13. The van der Waals surface area contributed by atoms with E-state index in [0.29, 0.717) is 12.5 Å². The summed E-state index contributed by atoms with van der Waals surface area (Å²) in [5.74, 6) is 0.690. The van der Waals surface area contributed by atoms with Crippen molar-refractivity contribution in [1.29, 1.82) is 0 Å². The van der Waals surface area contributed by atoms with Crippen LogP contribution in [0.1, 0.15) is 12.0 Å². The van der Waals surface area contributed by atoms with Gasteiger partial charge in [0.05, 0.1) is 12.1 Å². The molecule has 2 aromatic heterocycles. The molecule has 0 aliphatic carbocycles. The molecule has 0 saturated carbocycles. The van der Waals surface area contributed by atoms with E-state index in [9.17, 15) is 0 Å². The lowest BCUT2D eigenvalue weighted by atomic mass is 10.2. The van der Waals surface area contributed by atoms with Crippen LogP contribution in [0.15, 0.2) is 60.9 Å². The summed E-state index contributed by atoms with van der Waals surface area (Å²) < 4.78 is 5.70. The second kappa shape index (κ2) is 6.15. The summed E-state index contributed by atoms with van der Waals surface area (Å²) in [6.45, 7) is 0.667. The van der Waals surface area contributed by atoms with Crippen LogP contribution in [0.25, 0.3) is 10.9 Å². The number of ether oxygens (including phenoxy) is 1. The number of para-hydroxylation sites is 1. The third-order valence-electron chi connectivity index (χ3n) is 3.16. The van der Waals surface area contributed by atoms with Gasteiger partial charge >= 0.3 is 0 Å². The number of benzene rings is 1. The maximum Gasteiger partial charge on any atom is 0.213 e. The van der Waals surface area contributed by atoms with Gasteiger partial charge in [0.15, 0.2) is 0 Å². The van der Waals surface area contributed by atoms with E-state index in [1.54, 1.807) is 6.20 Å². The predicted octanol–water partition coefficient (Wildman–Crippen LogP) is 3.64. The molecule has 0 aliphatic rings. The molecular formula is C17H16N2O. The first-order valence-electron chi connectivity index (χ1n) is 6.79. The number of aromatic nitrogens is 2. The molecule has 0 aliphatic heterocycles. The van der Waals surface area contributed by atoms with Crippen LogP contribution in [0.5, 0.6) is 5.88 Å². The molecule has 0 saturated heterocycles. The fourth-order valence-electron chi connectivity index (χ4n) is 2.13. The van der Waals surface area contributed by atoms with Gasteiger partial charge in [0.2, 0.25) is 5.88 Å². The first-order valence-corrected chi connectivity index (χ1v) is 6.79. The Morgan fingerprint density at radius 2 is 1.90 bits per heavy atom. The molecule has 0 atom stereocenters. The van der Waals surface area contributed by atoms with Gasteiger partial charge in [-0.2, -0.15) is 0 Å². The molecule has 100 valence electrons. The minimum atomic E-state index is 0.667. The molecule has 0 bridgehead atoms. The van der Waals surface area contributed by atoms with Crippen LogP contribution < -0.4 is 4.74 Å². The molecule has 0 radical (unpaired) electrons. The van der Waals surface area contributed by atoms with Crippen LogP contribution >= 0.6 is 0 Å². The van der Waals surface area contributed by atoms with E-state index in [2.05, 4.69) is 22.1 Å². The van der Waals surface area contributed by atoms with Crippen molar-refractivity contribution in [2.24, 2.45) is 0 Å². The Hall–Kier alpha value is -2.42. The van der Waals surface area contributed by atoms with Gasteiger partial charge in [0.25, 0.3) is 0 Å². The van der Waals surface area contributed by atoms with Crippen molar-refractivity contribution >= 4 is 10.9 Å². The molecule has 3 nitrogen and oxygen atoms in total. The minimum absolute atomic E-state index is 0.667. The number of fused-ring (bicyclic) bond motifs is 1. The lowest BCUT2D eigenvalue weighted by Crippen LogP contribution is -2.01. The molecule has 0 spiro atoms. The lowest BCUT2D eigenvalue weighted by molar-refractivity contribution is 0.300. The van der Waals surface area contributed by atoms with Gasteiger partial charge in [0, 0.05) is 23.8 Å². The van der Waals surface area contributed by atoms with E-state index in [-0.39, 0.29) is 0 Å². The smallest absolute Gasteiger partial charge is 0.213 e. The minimum Gasteiger partial charge on any atom is -0.478 e. The largest absolute Gasteiger partial charge is 0.478 e. The Labute approximate surface area is 118 Å². The summed E-state index contributed by atoms with van der Waals surface area (Å²) in [7, 11) is 0. The summed E-state index contributed by atoms with van der Waals surface area (Å²) in [5.41, 5.74) is 2.21. The van der Waals surface area contributed by atoms with E-state index in [4.69, 9.17) is 4.74 Å². The maximum atomic E-state index is 5.70. The van der Waals surface area contributed by atoms with Crippen molar-refractivity contribution < 1.29 is 4.74 Å². The Morgan fingerprint density at radius 3 is 2.80 bits per heavy atom. The first kappa shape index (κ1) is 12.6. The monoisotopic (exact) mass is 264 g/mol. The number of hydrogen-bond acceptors (Lipinski definition) is 3. The van der Waals surface area contributed by atoms with Crippen molar-refractivity contribution in [3.8, 4) is 5.88 Å². The number of nitrogens with zero attached hydrogens (tertiary/aromatic N) is 2. The molecule has 0 unspecified atom stereocenters. The van der Waals surface area contributed by atoms with Crippen LogP contribution in [-0.2, 0) is 6.42 Å². The van der Waals surface area contributed by atoms with Gasteiger partial charge in [-0.25, -0.2) is 4.98 Å². The summed E-state index contributed by atoms with van der Waals surface area (Å²) in [6.07, 6.45) is 5.62. The van der Waals surface area contributed by atoms with Gasteiger partial charge in [0.1, 0.15) is 0 Å². The van der Waals surface area contributed by atoms with Gasteiger partial charge in [-0.05, 0) is 36.6 Å². The van der Waals surface area contributed by atoms with Gasteiger partial charge < -0.3 is 4.74 Å². The molecule has 2 heterocycles. The Balaban J connectivity index is 1.55. The third-order valence-corrected chi connectivity index (χ3v) is 3.16. The fraction of sp³-hybridized carbons (Fsp3) is 0.176. The van der Waals surface area contributed by atoms with Gasteiger partial charge in [-0.3, -0.25) is 4.98 Å². The second-order valence-corrected chi connectivity index (χ2v) is 4.66. The second-order valence-electron chi connectivity index (χ2n) is 4.66. The molecule has 0 amide bonds. The molecule has 3 heteroatoms. The highest BCUT2D eigenvalue weighted by atomic mass is 16.5. The number of aryl methyl sites for hydroxylation is 1. The summed E-state index contributed by atoms with van der Waals surface area (Å²) >= 11 is 0. The highest BCUT2D eigenvalue weighted by Gasteiger charge is 1.99. The number of pyridine rings is 2. The normalized spacial score (nSPS) is 10.6. The van der Waals surface area contributed by atoms with Crippen LogP contribution in [0.4, 0.5) is 0 Å². The Kier molecular flexibility index (Phi) is 3.88. The average molecular weight is 264 g/mol. The number of rotatable bonds is 5. The topological polar surface area (TPSA) is 35.0 Å². The standard InChI is InChI=1S/C17H16N2O/c1-2-8-16-15(7-1)9-10-17(19-16)20-12-4-6-14-5-3-11-18-13-14/h1-3,5,7-11,13H,4,6,12H2. The van der Waals surface area contributed by atoms with Crippen molar-refractivity contribution in [3.05, 3.63) is 66.5 Å². The first-order chi connectivity index (χ1) is 9.92. The van der Waals surface area contributed by atoms with Gasteiger partial charge in [-0.1, -0.05) is 24.3 Å². The molecule has 1 aromatic carbocycles. The molecule has 3 aromatic rings. The van der Waals surface area contributed by atoms with Crippen LogP contribution in [-0.4, -0.2) is 16.6 Å². The zero-order chi connectivity index (χ0) is 13.6. The van der Waals surface area contributed by atoms with Crippen molar-refractivity contribution in [1.82, 2.24) is 9.97 Å². The van der Waals surface area contributed by atoms with E-state index < -0.39 is 0 Å². The summed E-state index contributed by atoms with van der Waals surface area (Å²) in [6, 6.07) is 16.1. The predicted molar refractivity (Wildman–Crippen MR) is 79.8 cm³/mol. The molecule has 0 fully saturated rings. The van der Waals surface area contributed by atoms with Crippen molar-refractivity contribution in [3.63, 3.8) is 0 Å². The zero-order valence-electron chi connectivity index (χ0n) is 11.2. The van der Waals surface area contributed by atoms with E-state index in [0.717, 1.165) is 23.7 Å². The average Bonchev–Trinajstić information content (AvgIpc) is 2.52. The quantitative estimate of drug-likeness (QED) is 0.660. The Bertz CT molecular complexity index is 683. The van der Waals surface area contributed by atoms with E-state index in [1.165, 1.54) is 5.56 Å². The molecule has 0 N–H and O–H groups in total. The molecule has 3 rings (SSSR count). The Morgan fingerprint density at radius 1 is 0.950 bits per heavy atom. The van der Waals surface area contributed by atoms with Crippen LogP contribution in [0.2, 0.25) is 0 Å². The zero-order valence-corrected chi connectivity index (χ0v) is 11.2. The molecular weight excluding hydrogens is 248 g/mol. The maximum absolute atomic E-state index is 5.70. The summed E-state index contributed by atoms with van der Waals surface area (Å²) in [5, 5.41) is 1.13. The highest BCUT2D eigenvalue weighted by molar-refractivity contribution is 5.78. The highest BCUT2D eigenvalue weighted by Crippen LogP contribution is 2.16. The van der Waals surface area contributed by atoms with E-state index in [1.807, 2.05) is 42.6 Å². The van der Waals surface area contributed by atoms with Crippen molar-refractivity contribution in [2.75, 3.05) is 6.61 Å². The van der Waals surface area contributed by atoms with E-state index >= 15 is 0 Å². The third kappa shape index (κ3) is 3.12. The van der Waals surface area contributed by atoms with Gasteiger partial charge in [-0.15, -0.1) is 0 Å². The summed E-state index contributed by atoms with van der Waals surface area (Å²) in [4.78, 5) is 8.59. The van der Waals surface area contributed by atoms with Crippen LogP contribution in [0, 0.1) is 0 Å². The van der Waals surface area contributed by atoms with Crippen molar-refractivity contribution in [2.45, 2.75) is 12.8 Å². The SMILES string of the molecule is c1cncc(CCCOc2ccc3ccccc3n2)c1. The van der Waals surface area contributed by atoms with Crippen LogP contribution in [0.3, 0.4) is 0 Å². The number of hydrogen-bond donors (Lipinski definition) is 0. The lowest BCUT2D eigenvalue weighted by Gasteiger charge is -2.06.